The summed E-state index contributed by atoms with van der Waals surface area (Å²) in [4.78, 5) is 26.4. The minimum absolute atomic E-state index is 0.0861. The lowest BCUT2D eigenvalue weighted by atomic mass is 9.71. The highest BCUT2D eigenvalue weighted by atomic mass is 16.7. The van der Waals surface area contributed by atoms with Gasteiger partial charge in [0.15, 0.2) is 23.0 Å². The molecule has 2 aliphatic rings. The first kappa shape index (κ1) is 24.3. The van der Waals surface area contributed by atoms with Crippen LogP contribution in [0.3, 0.4) is 0 Å². The van der Waals surface area contributed by atoms with Gasteiger partial charge in [-0.3, -0.25) is 4.79 Å². The highest BCUT2D eigenvalue weighted by molar-refractivity contribution is 6.02. The zero-order chi connectivity index (χ0) is 25.1. The van der Waals surface area contributed by atoms with Crippen molar-refractivity contribution in [2.45, 2.75) is 19.8 Å². The molecule has 0 aromatic heterocycles. The maximum Gasteiger partial charge on any atom is 0.334 e. The molecule has 4 rings (SSSR count). The van der Waals surface area contributed by atoms with Crippen LogP contribution in [0.2, 0.25) is 0 Å². The second kappa shape index (κ2) is 10.2. The van der Waals surface area contributed by atoms with Crippen molar-refractivity contribution < 1.29 is 42.7 Å². The van der Waals surface area contributed by atoms with Crippen LogP contribution in [0.4, 0.5) is 0 Å². The molecule has 0 fully saturated rings. The van der Waals surface area contributed by atoms with Crippen molar-refractivity contribution in [3.63, 3.8) is 0 Å². The fourth-order valence-corrected chi connectivity index (χ4v) is 4.53. The lowest BCUT2D eigenvalue weighted by Crippen LogP contribution is -2.33. The Morgan fingerprint density at radius 3 is 2.09 bits per heavy atom. The molecule has 0 unspecified atom stereocenters. The predicted octanol–water partition coefficient (Wildman–Crippen LogP) is 3.71. The number of fused-ring (bicyclic) bond motifs is 2. The molecule has 186 valence electrons. The summed E-state index contributed by atoms with van der Waals surface area (Å²) in [5.74, 6) is -0.410. The number of esters is 2. The SMILES string of the molecule is CCOC(=O)C1=Cc2cc3c(cc2[C@@H](c2cc(OC)c(OC)c(OC)c2)[C@@H]1C(=O)OCC)OCO3. The minimum atomic E-state index is -0.982. The first-order valence-corrected chi connectivity index (χ1v) is 11.3. The van der Waals surface area contributed by atoms with Gasteiger partial charge in [-0.2, -0.15) is 0 Å². The van der Waals surface area contributed by atoms with Gasteiger partial charge in [0.05, 0.1) is 46.0 Å². The van der Waals surface area contributed by atoms with Crippen molar-refractivity contribution in [1.82, 2.24) is 0 Å². The zero-order valence-corrected chi connectivity index (χ0v) is 20.3. The summed E-state index contributed by atoms with van der Waals surface area (Å²) in [6.45, 7) is 3.83. The lowest BCUT2D eigenvalue weighted by molar-refractivity contribution is -0.150. The molecule has 1 aliphatic carbocycles. The monoisotopic (exact) mass is 484 g/mol. The lowest BCUT2D eigenvalue weighted by Gasteiger charge is -2.33. The maximum absolute atomic E-state index is 13.4. The van der Waals surface area contributed by atoms with E-state index in [0.717, 1.165) is 5.56 Å². The maximum atomic E-state index is 13.4. The van der Waals surface area contributed by atoms with Crippen LogP contribution in [0.15, 0.2) is 29.8 Å². The molecular formula is C26H28O9. The molecule has 9 heteroatoms. The van der Waals surface area contributed by atoms with Crippen LogP contribution in [0, 0.1) is 5.92 Å². The van der Waals surface area contributed by atoms with E-state index in [1.165, 1.54) is 21.3 Å². The largest absolute Gasteiger partial charge is 0.493 e. The van der Waals surface area contributed by atoms with E-state index in [2.05, 4.69) is 0 Å². The molecule has 0 saturated carbocycles. The first-order valence-electron chi connectivity index (χ1n) is 11.3. The van der Waals surface area contributed by atoms with E-state index in [1.54, 1.807) is 38.1 Å². The number of ether oxygens (including phenoxy) is 7. The van der Waals surface area contributed by atoms with Gasteiger partial charge in [0, 0.05) is 5.92 Å². The fourth-order valence-electron chi connectivity index (χ4n) is 4.53. The van der Waals surface area contributed by atoms with E-state index in [1.807, 2.05) is 6.07 Å². The highest BCUT2D eigenvalue weighted by Gasteiger charge is 2.43. The zero-order valence-electron chi connectivity index (χ0n) is 20.3. The number of methoxy groups -OCH3 is 3. The Morgan fingerprint density at radius 1 is 0.886 bits per heavy atom. The molecule has 1 aliphatic heterocycles. The summed E-state index contributed by atoms with van der Waals surface area (Å²) >= 11 is 0. The Kier molecular flexibility index (Phi) is 7.04. The normalized spacial score (nSPS) is 17.7. The third kappa shape index (κ3) is 4.34. The number of carbonyl (C=O) groups excluding carboxylic acids is 2. The van der Waals surface area contributed by atoms with E-state index >= 15 is 0 Å². The molecule has 9 nitrogen and oxygen atoms in total. The Balaban J connectivity index is 2.00. The molecule has 2 aromatic rings. The van der Waals surface area contributed by atoms with E-state index in [-0.39, 0.29) is 25.6 Å². The van der Waals surface area contributed by atoms with Crippen LogP contribution in [0.5, 0.6) is 28.7 Å². The number of hydrogen-bond acceptors (Lipinski definition) is 9. The standard InChI is InChI=1S/C26H28O9/c1-6-32-25(27)17-8-14-9-18-19(35-13-34-18)12-16(14)22(23(17)26(28)33-7-2)15-10-20(29-3)24(31-5)21(11-15)30-4/h8-12,22-23H,6-7,13H2,1-5H3/t22-,23-/m1/s1. The third-order valence-electron chi connectivity index (χ3n) is 5.99. The van der Waals surface area contributed by atoms with Crippen molar-refractivity contribution in [2.24, 2.45) is 5.92 Å². The Bertz CT molecular complexity index is 1140. The van der Waals surface area contributed by atoms with Crippen molar-refractivity contribution in [3.05, 3.63) is 46.5 Å². The molecule has 0 N–H and O–H groups in total. The average Bonchev–Trinajstić information content (AvgIpc) is 3.32. The van der Waals surface area contributed by atoms with Crippen molar-refractivity contribution in [1.29, 1.82) is 0 Å². The van der Waals surface area contributed by atoms with Crippen LogP contribution in [-0.2, 0) is 19.1 Å². The Labute approximate surface area is 203 Å². The molecule has 0 saturated heterocycles. The van der Waals surface area contributed by atoms with Crippen LogP contribution >= 0.6 is 0 Å². The topological polar surface area (TPSA) is 98.8 Å². The van der Waals surface area contributed by atoms with Gasteiger partial charge in [0.25, 0.3) is 0 Å². The van der Waals surface area contributed by atoms with Crippen molar-refractivity contribution in [2.75, 3.05) is 41.3 Å². The van der Waals surface area contributed by atoms with Crippen LogP contribution in [0.1, 0.15) is 36.5 Å². The van der Waals surface area contributed by atoms with Gasteiger partial charge < -0.3 is 33.2 Å². The molecule has 35 heavy (non-hydrogen) atoms. The third-order valence-corrected chi connectivity index (χ3v) is 5.99. The van der Waals surface area contributed by atoms with Crippen molar-refractivity contribution >= 4 is 18.0 Å². The second-order valence-electron chi connectivity index (χ2n) is 7.82. The van der Waals surface area contributed by atoms with Gasteiger partial charge in [-0.1, -0.05) is 0 Å². The summed E-state index contributed by atoms with van der Waals surface area (Å²) in [5, 5.41) is 0. The molecule has 0 spiro atoms. The smallest absolute Gasteiger partial charge is 0.334 e. The summed E-state index contributed by atoms with van der Waals surface area (Å²) in [7, 11) is 4.54. The number of hydrogen-bond donors (Lipinski definition) is 0. The summed E-state index contributed by atoms with van der Waals surface area (Å²) in [6.07, 6.45) is 1.66. The average molecular weight is 485 g/mol. The molecule has 1 heterocycles. The molecule has 0 amide bonds. The van der Waals surface area contributed by atoms with E-state index in [9.17, 15) is 9.59 Å². The van der Waals surface area contributed by atoms with Crippen LogP contribution in [-0.4, -0.2) is 53.3 Å². The highest BCUT2D eigenvalue weighted by Crippen LogP contribution is 2.50. The van der Waals surface area contributed by atoms with Gasteiger partial charge in [0.1, 0.15) is 0 Å². The fraction of sp³-hybridized carbons (Fsp3) is 0.385. The molecule has 2 atom stereocenters. The van der Waals surface area contributed by atoms with E-state index in [4.69, 9.17) is 33.2 Å². The van der Waals surface area contributed by atoms with Crippen molar-refractivity contribution in [3.8, 4) is 28.7 Å². The van der Waals surface area contributed by atoms with E-state index < -0.39 is 23.8 Å². The number of benzene rings is 2. The van der Waals surface area contributed by atoms with Crippen LogP contribution < -0.4 is 23.7 Å². The van der Waals surface area contributed by atoms with Gasteiger partial charge in [-0.15, -0.1) is 0 Å². The van der Waals surface area contributed by atoms with Crippen LogP contribution in [0.25, 0.3) is 6.08 Å². The van der Waals surface area contributed by atoms with Gasteiger partial charge in [-0.05, 0) is 60.9 Å². The number of carbonyl (C=O) groups is 2. The molecule has 0 radical (unpaired) electrons. The number of rotatable bonds is 8. The molecule has 0 bridgehead atoms. The Hall–Kier alpha value is -3.88. The minimum Gasteiger partial charge on any atom is -0.493 e. The Morgan fingerprint density at radius 2 is 1.51 bits per heavy atom. The summed E-state index contributed by atoms with van der Waals surface area (Å²) in [5.41, 5.74) is 2.31. The summed E-state index contributed by atoms with van der Waals surface area (Å²) < 4.78 is 38.5. The molecule has 2 aromatic carbocycles. The summed E-state index contributed by atoms with van der Waals surface area (Å²) in [6, 6.07) is 7.15. The predicted molar refractivity (Wildman–Crippen MR) is 125 cm³/mol. The van der Waals surface area contributed by atoms with Gasteiger partial charge in [-0.25, -0.2) is 4.79 Å². The first-order chi connectivity index (χ1) is 17.0. The van der Waals surface area contributed by atoms with Gasteiger partial charge >= 0.3 is 11.9 Å². The van der Waals surface area contributed by atoms with E-state index in [0.29, 0.717) is 39.9 Å². The van der Waals surface area contributed by atoms with Gasteiger partial charge in [0.2, 0.25) is 12.5 Å². The quantitative estimate of drug-likeness (QED) is 0.519. The molecular weight excluding hydrogens is 456 g/mol. The second-order valence-corrected chi connectivity index (χ2v) is 7.82.